The largest absolute Gasteiger partial charge is 0.295 e. The van der Waals surface area contributed by atoms with Crippen molar-refractivity contribution in [3.05, 3.63) is 34.4 Å². The fourth-order valence-corrected chi connectivity index (χ4v) is 3.51. The first kappa shape index (κ1) is 13.4. The van der Waals surface area contributed by atoms with Gasteiger partial charge in [-0.05, 0) is 24.6 Å². The normalized spacial score (nSPS) is 20.7. The third-order valence-corrected chi connectivity index (χ3v) is 4.74. The van der Waals surface area contributed by atoms with Crippen molar-refractivity contribution in [3.63, 3.8) is 0 Å². The quantitative estimate of drug-likeness (QED) is 0.786. The summed E-state index contributed by atoms with van der Waals surface area (Å²) in [7, 11) is 0. The molecule has 1 aromatic carbocycles. The van der Waals surface area contributed by atoms with Gasteiger partial charge in [-0.15, -0.1) is 0 Å². The number of imide groups is 1. The SMILES string of the molecule is O=C1CCC(N2C(=O)c3ccc(Br)c4ccnc2c34)C(=O)N1. The van der Waals surface area contributed by atoms with E-state index in [0.29, 0.717) is 17.8 Å². The Balaban J connectivity index is 1.89. The fraction of sp³-hybridized carbons (Fsp3) is 0.200. The molecular weight excluding hydrogens is 350 g/mol. The number of hydrogen-bond donors (Lipinski definition) is 1. The van der Waals surface area contributed by atoms with Gasteiger partial charge in [0.1, 0.15) is 11.9 Å². The van der Waals surface area contributed by atoms with Gasteiger partial charge in [0.05, 0.1) is 5.56 Å². The lowest BCUT2D eigenvalue weighted by molar-refractivity contribution is -0.134. The molecule has 1 atom stereocenters. The number of rotatable bonds is 1. The van der Waals surface area contributed by atoms with Crippen molar-refractivity contribution in [2.24, 2.45) is 0 Å². The van der Waals surface area contributed by atoms with Crippen molar-refractivity contribution < 1.29 is 14.4 Å². The molecule has 2 aliphatic heterocycles. The van der Waals surface area contributed by atoms with Crippen LogP contribution in [0.2, 0.25) is 0 Å². The van der Waals surface area contributed by atoms with Gasteiger partial charge in [-0.2, -0.15) is 0 Å². The number of halogens is 1. The summed E-state index contributed by atoms with van der Waals surface area (Å²) < 4.78 is 0.868. The molecule has 1 unspecified atom stereocenters. The van der Waals surface area contributed by atoms with Gasteiger partial charge in [0.15, 0.2) is 0 Å². The second-order valence-electron chi connectivity index (χ2n) is 5.29. The van der Waals surface area contributed by atoms with E-state index in [9.17, 15) is 14.4 Å². The average Bonchev–Trinajstić information content (AvgIpc) is 2.77. The van der Waals surface area contributed by atoms with Gasteiger partial charge in [-0.25, -0.2) is 4.98 Å². The lowest BCUT2D eigenvalue weighted by atomic mass is 10.0. The molecule has 1 N–H and O–H groups in total. The summed E-state index contributed by atoms with van der Waals surface area (Å²) in [6.07, 6.45) is 2.14. The highest BCUT2D eigenvalue weighted by Gasteiger charge is 2.41. The van der Waals surface area contributed by atoms with Crippen molar-refractivity contribution in [1.29, 1.82) is 0 Å². The zero-order valence-electron chi connectivity index (χ0n) is 11.3. The van der Waals surface area contributed by atoms with Crippen molar-refractivity contribution in [3.8, 4) is 0 Å². The first-order valence-electron chi connectivity index (χ1n) is 6.82. The summed E-state index contributed by atoms with van der Waals surface area (Å²) in [5, 5.41) is 3.91. The Kier molecular flexibility index (Phi) is 2.80. The monoisotopic (exact) mass is 359 g/mol. The standard InChI is InChI=1S/C15H10BrN3O3/c16-9-2-1-8-12-7(9)5-6-17-13(12)19(15(8)22)10-3-4-11(20)18-14(10)21/h1-2,5-6,10H,3-4H2,(H,18,20,21). The maximum Gasteiger partial charge on any atom is 0.260 e. The Hall–Kier alpha value is -2.28. The molecule has 0 aliphatic carbocycles. The maximum atomic E-state index is 12.7. The van der Waals surface area contributed by atoms with Crippen LogP contribution >= 0.6 is 15.9 Å². The molecule has 22 heavy (non-hydrogen) atoms. The number of benzene rings is 1. The number of hydrogen-bond acceptors (Lipinski definition) is 4. The number of carbonyl (C=O) groups is 3. The summed E-state index contributed by atoms with van der Waals surface area (Å²) in [5.41, 5.74) is 0.533. The van der Waals surface area contributed by atoms with Gasteiger partial charge in [-0.3, -0.25) is 24.6 Å². The van der Waals surface area contributed by atoms with Gasteiger partial charge < -0.3 is 0 Å². The molecule has 2 aliphatic rings. The predicted molar refractivity (Wildman–Crippen MR) is 82.4 cm³/mol. The molecule has 6 nitrogen and oxygen atoms in total. The summed E-state index contributed by atoms with van der Waals surface area (Å²) in [4.78, 5) is 41.9. The number of anilines is 1. The number of amides is 3. The van der Waals surface area contributed by atoms with Crippen LogP contribution < -0.4 is 10.2 Å². The van der Waals surface area contributed by atoms with E-state index >= 15 is 0 Å². The summed E-state index contributed by atoms with van der Waals surface area (Å²) >= 11 is 3.47. The summed E-state index contributed by atoms with van der Waals surface area (Å²) in [5.74, 6) is -0.524. The number of piperidine rings is 1. The number of aromatic nitrogens is 1. The number of nitrogens with one attached hydrogen (secondary N) is 1. The van der Waals surface area contributed by atoms with Crippen LogP contribution in [-0.4, -0.2) is 28.7 Å². The third kappa shape index (κ3) is 1.72. The van der Waals surface area contributed by atoms with Crippen LogP contribution in [0.4, 0.5) is 5.82 Å². The van der Waals surface area contributed by atoms with E-state index in [1.54, 1.807) is 12.3 Å². The number of pyridine rings is 1. The maximum absolute atomic E-state index is 12.7. The number of nitrogens with zero attached hydrogens (tertiary/aromatic N) is 2. The Labute approximate surface area is 133 Å². The van der Waals surface area contributed by atoms with E-state index in [4.69, 9.17) is 0 Å². The number of carbonyl (C=O) groups excluding carboxylic acids is 3. The minimum absolute atomic E-state index is 0.218. The van der Waals surface area contributed by atoms with Crippen molar-refractivity contribution >= 4 is 50.2 Å². The van der Waals surface area contributed by atoms with Crippen molar-refractivity contribution in [2.75, 3.05) is 4.90 Å². The molecule has 0 bridgehead atoms. The van der Waals surface area contributed by atoms with E-state index < -0.39 is 11.9 Å². The fourth-order valence-electron chi connectivity index (χ4n) is 3.05. The van der Waals surface area contributed by atoms with Crippen LogP contribution in [0.25, 0.3) is 10.8 Å². The lowest BCUT2D eigenvalue weighted by Crippen LogP contribution is -2.53. The molecule has 7 heteroatoms. The van der Waals surface area contributed by atoms with Crippen LogP contribution in [0.3, 0.4) is 0 Å². The highest BCUT2D eigenvalue weighted by molar-refractivity contribution is 9.10. The molecule has 1 saturated heterocycles. The van der Waals surface area contributed by atoms with Crippen LogP contribution in [0.1, 0.15) is 23.2 Å². The minimum atomic E-state index is -0.700. The molecule has 0 radical (unpaired) electrons. The van der Waals surface area contributed by atoms with Crippen LogP contribution in [0, 0.1) is 0 Å². The highest BCUT2D eigenvalue weighted by atomic mass is 79.9. The zero-order valence-corrected chi connectivity index (χ0v) is 12.9. The molecule has 3 amide bonds. The van der Waals surface area contributed by atoms with Gasteiger partial charge in [0.25, 0.3) is 5.91 Å². The Bertz CT molecular complexity index is 864. The van der Waals surface area contributed by atoms with Crippen molar-refractivity contribution in [1.82, 2.24) is 10.3 Å². The molecule has 2 aromatic rings. The van der Waals surface area contributed by atoms with E-state index in [2.05, 4.69) is 26.2 Å². The molecule has 1 fully saturated rings. The molecule has 0 spiro atoms. The molecule has 0 saturated carbocycles. The van der Waals surface area contributed by atoms with E-state index in [1.807, 2.05) is 12.1 Å². The van der Waals surface area contributed by atoms with E-state index in [-0.39, 0.29) is 18.2 Å². The Morgan fingerprint density at radius 3 is 2.82 bits per heavy atom. The van der Waals surface area contributed by atoms with Crippen LogP contribution in [0.5, 0.6) is 0 Å². The highest BCUT2D eigenvalue weighted by Crippen LogP contribution is 2.40. The predicted octanol–water partition coefficient (Wildman–Crippen LogP) is 1.76. The second-order valence-corrected chi connectivity index (χ2v) is 6.15. The van der Waals surface area contributed by atoms with E-state index in [0.717, 1.165) is 15.2 Å². The van der Waals surface area contributed by atoms with Crippen LogP contribution in [0.15, 0.2) is 28.9 Å². The minimum Gasteiger partial charge on any atom is -0.295 e. The Morgan fingerprint density at radius 1 is 1.23 bits per heavy atom. The third-order valence-electron chi connectivity index (χ3n) is 4.05. The smallest absolute Gasteiger partial charge is 0.260 e. The first-order valence-corrected chi connectivity index (χ1v) is 7.61. The van der Waals surface area contributed by atoms with E-state index in [1.165, 1.54) is 4.90 Å². The molecule has 1 aromatic heterocycles. The van der Waals surface area contributed by atoms with Gasteiger partial charge in [0.2, 0.25) is 11.8 Å². The molecule has 110 valence electrons. The molecule has 3 heterocycles. The first-order chi connectivity index (χ1) is 10.6. The zero-order chi connectivity index (χ0) is 15.4. The summed E-state index contributed by atoms with van der Waals surface area (Å²) in [6, 6.07) is 4.67. The summed E-state index contributed by atoms with van der Waals surface area (Å²) in [6.45, 7) is 0. The Morgan fingerprint density at radius 2 is 2.05 bits per heavy atom. The molecular formula is C15H10BrN3O3. The van der Waals surface area contributed by atoms with Crippen molar-refractivity contribution in [2.45, 2.75) is 18.9 Å². The second kappa shape index (κ2) is 4.61. The topological polar surface area (TPSA) is 79.4 Å². The van der Waals surface area contributed by atoms with Gasteiger partial charge in [-0.1, -0.05) is 15.9 Å². The molecule has 4 rings (SSSR count). The average molecular weight is 360 g/mol. The van der Waals surface area contributed by atoms with Gasteiger partial charge in [0, 0.05) is 27.9 Å². The van der Waals surface area contributed by atoms with Gasteiger partial charge >= 0.3 is 0 Å². The lowest BCUT2D eigenvalue weighted by Gasteiger charge is -2.29. The van der Waals surface area contributed by atoms with Crippen LogP contribution in [-0.2, 0) is 9.59 Å².